The van der Waals surface area contributed by atoms with E-state index in [0.29, 0.717) is 5.75 Å². The van der Waals surface area contributed by atoms with Crippen molar-refractivity contribution in [2.75, 3.05) is 5.75 Å². The fourth-order valence-electron chi connectivity index (χ4n) is 4.08. The summed E-state index contributed by atoms with van der Waals surface area (Å²) in [6.45, 7) is 9.83. The Kier molecular flexibility index (Phi) is 5.47. The van der Waals surface area contributed by atoms with Crippen LogP contribution in [0.2, 0.25) is 0 Å². The van der Waals surface area contributed by atoms with Crippen molar-refractivity contribution in [3.05, 3.63) is 40.5 Å². The number of aromatic nitrogens is 1. The van der Waals surface area contributed by atoms with Crippen molar-refractivity contribution in [2.45, 2.75) is 71.5 Å². The number of H-pyrrole nitrogens is 1. The van der Waals surface area contributed by atoms with Crippen LogP contribution in [0, 0.1) is 0 Å². The molecule has 0 radical (unpaired) electrons. The second-order valence-electron chi connectivity index (χ2n) is 9.18. The van der Waals surface area contributed by atoms with E-state index in [0.717, 1.165) is 23.9 Å². The third-order valence-electron chi connectivity index (χ3n) is 6.47. The van der Waals surface area contributed by atoms with Gasteiger partial charge in [0.25, 0.3) is 0 Å². The molecule has 1 N–H and O–H groups in total. The summed E-state index contributed by atoms with van der Waals surface area (Å²) in [5.41, 5.74) is 5.39. The van der Waals surface area contributed by atoms with Gasteiger partial charge in [-0.15, -0.1) is 0 Å². The summed E-state index contributed by atoms with van der Waals surface area (Å²) in [5, 5.41) is 1.42. The molecule has 0 unspecified atom stereocenters. The zero-order chi connectivity index (χ0) is 20.8. The number of aromatic amines is 1. The Hall–Kier alpha value is -1.50. The van der Waals surface area contributed by atoms with Crippen LogP contribution < -0.4 is 0 Å². The molecule has 29 heavy (non-hydrogen) atoms. The van der Waals surface area contributed by atoms with Crippen molar-refractivity contribution in [3.63, 3.8) is 0 Å². The SMILES string of the molecule is CC(=O)SCC(=Cc1ccc2[nH]c3c(c2c1)CCCC3)B1OC(C)(C)C(C)(C)O1. The maximum atomic E-state index is 11.6. The monoisotopic (exact) mass is 411 g/mol. The summed E-state index contributed by atoms with van der Waals surface area (Å²) in [4.78, 5) is 15.2. The van der Waals surface area contributed by atoms with Gasteiger partial charge in [0, 0.05) is 29.3 Å². The van der Waals surface area contributed by atoms with Crippen LogP contribution in [0.15, 0.2) is 23.7 Å². The van der Waals surface area contributed by atoms with Gasteiger partial charge >= 0.3 is 7.12 Å². The molecular formula is C23H30BNO3S. The molecule has 4 nitrogen and oxygen atoms in total. The molecule has 6 heteroatoms. The maximum Gasteiger partial charge on any atom is 0.491 e. The van der Waals surface area contributed by atoms with Crippen molar-refractivity contribution >= 4 is 41.0 Å². The first-order valence-electron chi connectivity index (χ1n) is 10.5. The Bertz CT molecular complexity index is 960. The third-order valence-corrected chi connectivity index (χ3v) is 7.36. The van der Waals surface area contributed by atoms with Gasteiger partial charge in [0.05, 0.1) is 11.2 Å². The van der Waals surface area contributed by atoms with Crippen molar-refractivity contribution < 1.29 is 14.1 Å². The van der Waals surface area contributed by atoms with E-state index < -0.39 is 18.3 Å². The largest absolute Gasteiger partial charge is 0.491 e. The normalized spacial score (nSPS) is 20.9. The molecule has 0 atom stereocenters. The molecule has 154 valence electrons. The summed E-state index contributed by atoms with van der Waals surface area (Å²) in [5.74, 6) is 0.565. The number of fused-ring (bicyclic) bond motifs is 3. The maximum absolute atomic E-state index is 11.6. The van der Waals surface area contributed by atoms with E-state index in [4.69, 9.17) is 9.31 Å². The molecule has 1 aromatic heterocycles. The van der Waals surface area contributed by atoms with Crippen LogP contribution >= 0.6 is 11.8 Å². The van der Waals surface area contributed by atoms with Crippen LogP contribution in [0.25, 0.3) is 17.0 Å². The molecule has 2 aromatic rings. The van der Waals surface area contributed by atoms with Crippen molar-refractivity contribution in [1.29, 1.82) is 0 Å². The first-order valence-corrected chi connectivity index (χ1v) is 11.5. The van der Waals surface area contributed by atoms with Crippen LogP contribution in [-0.4, -0.2) is 34.2 Å². The van der Waals surface area contributed by atoms with Gasteiger partial charge in [0.1, 0.15) is 0 Å². The highest BCUT2D eigenvalue weighted by molar-refractivity contribution is 8.13. The lowest BCUT2D eigenvalue weighted by Gasteiger charge is -2.32. The van der Waals surface area contributed by atoms with Gasteiger partial charge in [-0.25, -0.2) is 0 Å². The summed E-state index contributed by atoms with van der Waals surface area (Å²) in [6.07, 6.45) is 6.95. The number of nitrogens with one attached hydrogen (secondary N) is 1. The van der Waals surface area contributed by atoms with Gasteiger partial charge in [-0.05, 0) is 82.1 Å². The topological polar surface area (TPSA) is 51.3 Å². The predicted octanol–water partition coefficient (Wildman–Crippen LogP) is 5.34. The molecular weight excluding hydrogens is 381 g/mol. The fraction of sp³-hybridized carbons (Fsp3) is 0.522. The minimum atomic E-state index is -0.442. The van der Waals surface area contributed by atoms with Gasteiger partial charge in [-0.3, -0.25) is 4.79 Å². The van der Waals surface area contributed by atoms with Crippen LogP contribution in [0.5, 0.6) is 0 Å². The number of hydrogen-bond acceptors (Lipinski definition) is 4. The number of carbonyl (C=O) groups excluding carboxylic acids is 1. The van der Waals surface area contributed by atoms with Gasteiger partial charge in [-0.1, -0.05) is 23.9 Å². The molecule has 4 rings (SSSR count). The standard InChI is InChI=1S/C23H30BNO3S/c1-15(26)29-14-17(24-27-22(2,3)23(4,5)28-24)12-16-10-11-21-19(13-16)18-8-6-7-9-20(18)25-21/h10-13,25H,6-9,14H2,1-5H3. The van der Waals surface area contributed by atoms with E-state index in [2.05, 4.69) is 57.0 Å². The second-order valence-corrected chi connectivity index (χ2v) is 10.3. The summed E-state index contributed by atoms with van der Waals surface area (Å²) in [7, 11) is -0.442. The quantitative estimate of drug-likeness (QED) is 0.690. The highest BCUT2D eigenvalue weighted by atomic mass is 32.2. The van der Waals surface area contributed by atoms with E-state index in [-0.39, 0.29) is 5.12 Å². The first-order chi connectivity index (χ1) is 13.7. The molecule has 0 spiro atoms. The Morgan fingerprint density at radius 3 is 2.55 bits per heavy atom. The van der Waals surface area contributed by atoms with Gasteiger partial charge < -0.3 is 14.3 Å². The molecule has 1 aromatic carbocycles. The van der Waals surface area contributed by atoms with Crippen molar-refractivity contribution in [1.82, 2.24) is 4.98 Å². The Labute approximate surface area is 177 Å². The van der Waals surface area contributed by atoms with E-state index in [9.17, 15) is 4.79 Å². The number of hydrogen-bond donors (Lipinski definition) is 1. The number of benzene rings is 1. The lowest BCUT2D eigenvalue weighted by atomic mass is 9.78. The summed E-state index contributed by atoms with van der Waals surface area (Å²) < 4.78 is 12.5. The van der Waals surface area contributed by atoms with E-state index in [1.165, 1.54) is 46.8 Å². The van der Waals surface area contributed by atoms with Gasteiger partial charge in [-0.2, -0.15) is 0 Å². The average Bonchev–Trinajstić information content (AvgIpc) is 3.11. The van der Waals surface area contributed by atoms with Gasteiger partial charge in [0.15, 0.2) is 5.12 Å². The van der Waals surface area contributed by atoms with E-state index in [1.54, 1.807) is 6.92 Å². The minimum absolute atomic E-state index is 0.0996. The van der Waals surface area contributed by atoms with Crippen LogP contribution in [0.3, 0.4) is 0 Å². The van der Waals surface area contributed by atoms with E-state index in [1.807, 2.05) is 0 Å². The average molecular weight is 411 g/mol. The molecule has 1 aliphatic heterocycles. The highest BCUT2D eigenvalue weighted by Gasteiger charge is 2.52. The third kappa shape index (κ3) is 4.07. The zero-order valence-electron chi connectivity index (χ0n) is 18.1. The lowest BCUT2D eigenvalue weighted by molar-refractivity contribution is -0.109. The van der Waals surface area contributed by atoms with Crippen molar-refractivity contribution in [2.24, 2.45) is 0 Å². The number of thioether (sulfide) groups is 1. The molecule has 0 amide bonds. The zero-order valence-corrected chi connectivity index (χ0v) is 18.9. The van der Waals surface area contributed by atoms with Crippen LogP contribution in [0.1, 0.15) is 64.3 Å². The van der Waals surface area contributed by atoms with Crippen molar-refractivity contribution in [3.8, 4) is 0 Å². The number of carbonyl (C=O) groups is 1. The molecule has 2 aliphatic rings. The highest BCUT2D eigenvalue weighted by Crippen LogP contribution is 2.39. The molecule has 2 heterocycles. The lowest BCUT2D eigenvalue weighted by Crippen LogP contribution is -2.41. The van der Waals surface area contributed by atoms with Gasteiger partial charge in [0.2, 0.25) is 0 Å². The molecule has 1 aliphatic carbocycles. The minimum Gasteiger partial charge on any atom is -0.400 e. The Morgan fingerprint density at radius 1 is 1.17 bits per heavy atom. The van der Waals surface area contributed by atoms with Crippen LogP contribution in [0.4, 0.5) is 0 Å². The molecule has 0 saturated carbocycles. The Morgan fingerprint density at radius 2 is 1.86 bits per heavy atom. The number of rotatable bonds is 4. The first kappa shape index (κ1) is 20.8. The molecule has 0 bridgehead atoms. The molecule has 1 fully saturated rings. The number of aryl methyl sites for hydroxylation is 2. The second kappa shape index (κ2) is 7.64. The predicted molar refractivity (Wildman–Crippen MR) is 122 cm³/mol. The smallest absolute Gasteiger partial charge is 0.400 e. The summed E-state index contributed by atoms with van der Waals surface area (Å²) >= 11 is 1.30. The Balaban J connectivity index is 1.69. The molecule has 1 saturated heterocycles. The van der Waals surface area contributed by atoms with E-state index >= 15 is 0 Å². The summed E-state index contributed by atoms with van der Waals surface area (Å²) in [6, 6.07) is 6.56. The van der Waals surface area contributed by atoms with Crippen LogP contribution in [-0.2, 0) is 26.9 Å². The fourth-order valence-corrected chi connectivity index (χ4v) is 4.67.